The Bertz CT molecular complexity index is 1110. The van der Waals surface area contributed by atoms with Crippen molar-refractivity contribution < 1.29 is 22.7 Å². The summed E-state index contributed by atoms with van der Waals surface area (Å²) in [6.45, 7) is 2.44. The van der Waals surface area contributed by atoms with Gasteiger partial charge in [0.2, 0.25) is 0 Å². The van der Waals surface area contributed by atoms with Gasteiger partial charge in [-0.3, -0.25) is 4.79 Å². The topological polar surface area (TPSA) is 47.4 Å². The third kappa shape index (κ3) is 4.35. The van der Waals surface area contributed by atoms with E-state index in [1.807, 2.05) is 23.8 Å². The fourth-order valence-electron chi connectivity index (χ4n) is 4.16. The third-order valence-corrected chi connectivity index (χ3v) is 5.80. The number of benzene rings is 2. The average Bonchev–Trinajstić information content (AvgIpc) is 3.23. The van der Waals surface area contributed by atoms with Gasteiger partial charge < -0.3 is 14.2 Å². The van der Waals surface area contributed by atoms with Crippen LogP contribution in [0.3, 0.4) is 0 Å². The lowest BCUT2D eigenvalue weighted by Crippen LogP contribution is -2.38. The molecule has 5 nitrogen and oxygen atoms in total. The standard InChI is InChI=1S/C24H24F3N3O2/c1-16-14-29(15-28-16)21-11-8-18(13-22(21)32-2)23(31)30-12-4-3-5-20(30)17-6-9-19(10-7-17)24(25,26)27/h6-11,13-15,20H,3-5,12H2,1-2H3/t20-/m0/s1. The van der Waals surface area contributed by atoms with Crippen molar-refractivity contribution in [3.05, 3.63) is 77.4 Å². The molecule has 0 N–H and O–H groups in total. The number of carbonyl (C=O) groups excluding carboxylic acids is 1. The van der Waals surface area contributed by atoms with Crippen molar-refractivity contribution in [2.45, 2.75) is 38.4 Å². The Morgan fingerprint density at radius 2 is 1.88 bits per heavy atom. The van der Waals surface area contributed by atoms with Crippen LogP contribution < -0.4 is 4.74 Å². The van der Waals surface area contributed by atoms with Crippen LogP contribution in [0.15, 0.2) is 55.0 Å². The number of halogens is 3. The number of ether oxygens (including phenoxy) is 1. The zero-order valence-electron chi connectivity index (χ0n) is 17.9. The molecule has 3 aromatic rings. The van der Waals surface area contributed by atoms with E-state index in [4.69, 9.17) is 4.74 Å². The second-order valence-corrected chi connectivity index (χ2v) is 7.94. The maximum atomic E-state index is 13.4. The van der Waals surface area contributed by atoms with E-state index >= 15 is 0 Å². The second-order valence-electron chi connectivity index (χ2n) is 7.94. The minimum Gasteiger partial charge on any atom is -0.495 e. The number of rotatable bonds is 4. The molecule has 1 amide bonds. The predicted octanol–water partition coefficient (Wildman–Crippen LogP) is 5.58. The molecule has 1 aliphatic rings. The smallest absolute Gasteiger partial charge is 0.416 e. The predicted molar refractivity (Wildman–Crippen MR) is 114 cm³/mol. The van der Waals surface area contributed by atoms with Crippen LogP contribution in [0.25, 0.3) is 5.69 Å². The van der Waals surface area contributed by atoms with E-state index < -0.39 is 11.7 Å². The van der Waals surface area contributed by atoms with Gasteiger partial charge in [0.25, 0.3) is 5.91 Å². The monoisotopic (exact) mass is 443 g/mol. The van der Waals surface area contributed by atoms with Crippen molar-refractivity contribution in [3.63, 3.8) is 0 Å². The highest BCUT2D eigenvalue weighted by atomic mass is 19.4. The fraction of sp³-hybridized carbons (Fsp3) is 0.333. The second kappa shape index (κ2) is 8.68. The van der Waals surface area contributed by atoms with Gasteiger partial charge in [0, 0.05) is 18.3 Å². The SMILES string of the molecule is COc1cc(C(=O)N2CCCC[C@H]2c2ccc(C(F)(F)F)cc2)ccc1-n1cnc(C)c1. The zero-order chi connectivity index (χ0) is 22.9. The summed E-state index contributed by atoms with van der Waals surface area (Å²) in [4.78, 5) is 19.4. The lowest BCUT2D eigenvalue weighted by molar-refractivity contribution is -0.137. The van der Waals surface area contributed by atoms with Gasteiger partial charge in [0.15, 0.2) is 0 Å². The van der Waals surface area contributed by atoms with E-state index in [1.165, 1.54) is 12.1 Å². The van der Waals surface area contributed by atoms with Crippen LogP contribution in [0, 0.1) is 6.92 Å². The van der Waals surface area contributed by atoms with Crippen LogP contribution in [-0.4, -0.2) is 34.0 Å². The molecule has 32 heavy (non-hydrogen) atoms. The molecule has 168 valence electrons. The first-order valence-corrected chi connectivity index (χ1v) is 10.4. The molecule has 0 spiro atoms. The molecular weight excluding hydrogens is 419 g/mol. The summed E-state index contributed by atoms with van der Waals surface area (Å²) in [7, 11) is 1.54. The van der Waals surface area contributed by atoms with E-state index in [-0.39, 0.29) is 11.9 Å². The van der Waals surface area contributed by atoms with Crippen LogP contribution >= 0.6 is 0 Å². The maximum Gasteiger partial charge on any atom is 0.416 e. The summed E-state index contributed by atoms with van der Waals surface area (Å²) in [5.74, 6) is 0.373. The highest BCUT2D eigenvalue weighted by Crippen LogP contribution is 2.35. The number of methoxy groups -OCH3 is 1. The molecule has 0 radical (unpaired) electrons. The molecule has 0 aliphatic carbocycles. The van der Waals surface area contributed by atoms with Gasteiger partial charge in [-0.25, -0.2) is 4.98 Å². The Labute approximate surface area is 184 Å². The first-order chi connectivity index (χ1) is 15.3. The van der Waals surface area contributed by atoms with Crippen LogP contribution in [0.1, 0.15) is 52.5 Å². The Hall–Kier alpha value is -3.29. The maximum absolute atomic E-state index is 13.4. The summed E-state index contributed by atoms with van der Waals surface area (Å²) in [6, 6.07) is 10.1. The molecule has 1 atom stereocenters. The Morgan fingerprint density at radius 1 is 1.12 bits per heavy atom. The Morgan fingerprint density at radius 3 is 2.50 bits per heavy atom. The third-order valence-electron chi connectivity index (χ3n) is 5.80. The highest BCUT2D eigenvalue weighted by Gasteiger charge is 2.32. The number of alkyl halides is 3. The van der Waals surface area contributed by atoms with Gasteiger partial charge in [-0.15, -0.1) is 0 Å². The summed E-state index contributed by atoms with van der Waals surface area (Å²) >= 11 is 0. The number of hydrogen-bond acceptors (Lipinski definition) is 3. The number of likely N-dealkylation sites (tertiary alicyclic amines) is 1. The molecular formula is C24H24F3N3O2. The molecule has 0 unspecified atom stereocenters. The van der Waals surface area contributed by atoms with E-state index in [0.29, 0.717) is 29.8 Å². The number of aromatic nitrogens is 2. The molecule has 0 saturated carbocycles. The van der Waals surface area contributed by atoms with Crippen LogP contribution in [0.4, 0.5) is 13.2 Å². The summed E-state index contributed by atoms with van der Waals surface area (Å²) < 4.78 is 46.1. The first-order valence-electron chi connectivity index (χ1n) is 10.4. The van der Waals surface area contributed by atoms with Gasteiger partial charge >= 0.3 is 6.18 Å². The minimum atomic E-state index is -4.38. The number of carbonyl (C=O) groups is 1. The highest BCUT2D eigenvalue weighted by molar-refractivity contribution is 5.95. The largest absolute Gasteiger partial charge is 0.495 e. The number of nitrogens with zero attached hydrogens (tertiary/aromatic N) is 3. The van der Waals surface area contributed by atoms with E-state index in [0.717, 1.165) is 36.4 Å². The average molecular weight is 443 g/mol. The molecule has 1 fully saturated rings. The normalized spacial score (nSPS) is 16.8. The summed E-state index contributed by atoms with van der Waals surface area (Å²) in [6.07, 6.45) is 1.64. The number of imidazole rings is 1. The number of amides is 1. The molecule has 2 heterocycles. The van der Waals surface area contributed by atoms with Gasteiger partial charge in [-0.1, -0.05) is 12.1 Å². The van der Waals surface area contributed by atoms with Gasteiger partial charge in [0.05, 0.1) is 36.4 Å². The molecule has 1 aliphatic heterocycles. The molecule has 2 aromatic carbocycles. The van der Waals surface area contributed by atoms with Crippen LogP contribution in [0.2, 0.25) is 0 Å². The minimum absolute atomic E-state index is 0.166. The number of piperidine rings is 1. The summed E-state index contributed by atoms with van der Waals surface area (Å²) in [5, 5.41) is 0. The lowest BCUT2D eigenvalue weighted by atomic mass is 9.93. The van der Waals surface area contributed by atoms with E-state index in [9.17, 15) is 18.0 Å². The van der Waals surface area contributed by atoms with Crippen molar-refractivity contribution in [1.29, 1.82) is 0 Å². The van der Waals surface area contributed by atoms with Crippen molar-refractivity contribution in [1.82, 2.24) is 14.5 Å². The van der Waals surface area contributed by atoms with Crippen LogP contribution in [-0.2, 0) is 6.18 Å². The van der Waals surface area contributed by atoms with E-state index in [1.54, 1.807) is 30.5 Å². The van der Waals surface area contributed by atoms with Crippen molar-refractivity contribution in [2.75, 3.05) is 13.7 Å². The summed E-state index contributed by atoms with van der Waals surface area (Å²) in [5.41, 5.74) is 2.12. The molecule has 8 heteroatoms. The quantitative estimate of drug-likeness (QED) is 0.529. The fourth-order valence-corrected chi connectivity index (χ4v) is 4.16. The number of hydrogen-bond donors (Lipinski definition) is 0. The number of aryl methyl sites for hydroxylation is 1. The van der Waals surface area contributed by atoms with E-state index in [2.05, 4.69) is 4.98 Å². The van der Waals surface area contributed by atoms with Crippen molar-refractivity contribution in [3.8, 4) is 11.4 Å². The zero-order valence-corrected chi connectivity index (χ0v) is 17.9. The Kier molecular flexibility index (Phi) is 5.95. The molecule has 4 rings (SSSR count). The lowest BCUT2D eigenvalue weighted by Gasteiger charge is -2.36. The van der Waals surface area contributed by atoms with Crippen molar-refractivity contribution >= 4 is 5.91 Å². The van der Waals surface area contributed by atoms with Gasteiger partial charge in [-0.05, 0) is 62.1 Å². The van der Waals surface area contributed by atoms with Crippen molar-refractivity contribution in [2.24, 2.45) is 0 Å². The Balaban J connectivity index is 1.62. The molecule has 0 bridgehead atoms. The van der Waals surface area contributed by atoms with Crippen LogP contribution in [0.5, 0.6) is 5.75 Å². The van der Waals surface area contributed by atoms with Gasteiger partial charge in [0.1, 0.15) is 5.75 Å². The van der Waals surface area contributed by atoms with Gasteiger partial charge in [-0.2, -0.15) is 13.2 Å². The first kappa shape index (κ1) is 21.9. The molecule has 1 saturated heterocycles. The molecule has 1 aromatic heterocycles.